The fourth-order valence-electron chi connectivity index (χ4n) is 2.33. The zero-order valence-corrected chi connectivity index (χ0v) is 17.2. The molecule has 8 nitrogen and oxygen atoms in total. The number of hydrogen-bond acceptors (Lipinski definition) is 5. The van der Waals surface area contributed by atoms with Gasteiger partial charge in [0.1, 0.15) is 0 Å². The maximum atomic E-state index is 11.4. The number of guanidine groups is 1. The molecule has 0 bridgehead atoms. The highest BCUT2D eigenvalue weighted by Gasteiger charge is 2.22. The van der Waals surface area contributed by atoms with Crippen molar-refractivity contribution >= 4 is 16.0 Å². The summed E-state index contributed by atoms with van der Waals surface area (Å²) in [5, 5.41) is 6.31. The van der Waals surface area contributed by atoms with Crippen LogP contribution in [0.5, 0.6) is 11.5 Å². The van der Waals surface area contributed by atoms with Crippen molar-refractivity contribution in [2.75, 3.05) is 33.6 Å². The van der Waals surface area contributed by atoms with E-state index in [9.17, 15) is 8.42 Å². The third-order valence-corrected chi connectivity index (χ3v) is 4.29. The van der Waals surface area contributed by atoms with Gasteiger partial charge in [0.15, 0.2) is 17.5 Å². The van der Waals surface area contributed by atoms with E-state index in [1.807, 2.05) is 25.1 Å². The second-order valence-corrected chi connectivity index (χ2v) is 8.24. The van der Waals surface area contributed by atoms with E-state index in [2.05, 4.69) is 20.3 Å². The van der Waals surface area contributed by atoms with Gasteiger partial charge in [0.05, 0.1) is 27.0 Å². The van der Waals surface area contributed by atoms with Crippen molar-refractivity contribution < 1.29 is 17.9 Å². The monoisotopic (exact) mass is 386 g/mol. The lowest BCUT2D eigenvalue weighted by Crippen LogP contribution is -2.53. The SMILES string of the molecule is CCNC(=NCc1ccc(OC)c(OC)c1)NCC(C)(C)NS(C)(=O)=O. The summed E-state index contributed by atoms with van der Waals surface area (Å²) >= 11 is 0. The quantitative estimate of drug-likeness (QED) is 0.434. The Morgan fingerprint density at radius 3 is 2.35 bits per heavy atom. The van der Waals surface area contributed by atoms with Gasteiger partial charge >= 0.3 is 0 Å². The number of nitrogens with one attached hydrogen (secondary N) is 3. The molecule has 0 amide bonds. The molecule has 26 heavy (non-hydrogen) atoms. The molecule has 0 aromatic heterocycles. The summed E-state index contributed by atoms with van der Waals surface area (Å²) in [5.41, 5.74) is 0.320. The van der Waals surface area contributed by atoms with Crippen LogP contribution in [0.3, 0.4) is 0 Å². The second-order valence-electron chi connectivity index (χ2n) is 6.50. The summed E-state index contributed by atoms with van der Waals surface area (Å²) in [7, 11) is -0.105. The molecule has 0 spiro atoms. The van der Waals surface area contributed by atoms with Crippen molar-refractivity contribution in [3.63, 3.8) is 0 Å². The second kappa shape index (κ2) is 9.63. The Morgan fingerprint density at radius 1 is 1.15 bits per heavy atom. The van der Waals surface area contributed by atoms with E-state index >= 15 is 0 Å². The largest absolute Gasteiger partial charge is 0.493 e. The number of aliphatic imine (C=N–C) groups is 1. The maximum Gasteiger partial charge on any atom is 0.209 e. The van der Waals surface area contributed by atoms with Crippen molar-refractivity contribution in [1.29, 1.82) is 0 Å². The molecule has 0 unspecified atom stereocenters. The van der Waals surface area contributed by atoms with Crippen LogP contribution in [0.25, 0.3) is 0 Å². The highest BCUT2D eigenvalue weighted by atomic mass is 32.2. The lowest BCUT2D eigenvalue weighted by atomic mass is 10.1. The molecule has 9 heteroatoms. The first-order valence-electron chi connectivity index (χ1n) is 8.32. The summed E-state index contributed by atoms with van der Waals surface area (Å²) in [6.45, 7) is 7.09. The Balaban J connectivity index is 2.80. The zero-order valence-electron chi connectivity index (χ0n) is 16.3. The smallest absolute Gasteiger partial charge is 0.209 e. The number of methoxy groups -OCH3 is 2. The molecule has 1 rings (SSSR count). The van der Waals surface area contributed by atoms with E-state index in [1.54, 1.807) is 28.1 Å². The topological polar surface area (TPSA) is 101 Å². The van der Waals surface area contributed by atoms with Crippen molar-refractivity contribution in [3.05, 3.63) is 23.8 Å². The molecule has 0 aliphatic carbocycles. The van der Waals surface area contributed by atoms with Gasteiger partial charge in [-0.15, -0.1) is 0 Å². The van der Waals surface area contributed by atoms with Gasteiger partial charge in [-0.2, -0.15) is 0 Å². The van der Waals surface area contributed by atoms with Gasteiger partial charge in [0.2, 0.25) is 10.0 Å². The van der Waals surface area contributed by atoms with Gasteiger partial charge in [-0.25, -0.2) is 18.1 Å². The minimum absolute atomic E-state index is 0.387. The van der Waals surface area contributed by atoms with Crippen molar-refractivity contribution in [3.8, 4) is 11.5 Å². The van der Waals surface area contributed by atoms with E-state index in [1.165, 1.54) is 0 Å². The molecule has 0 aliphatic heterocycles. The van der Waals surface area contributed by atoms with Crippen LogP contribution in [0.15, 0.2) is 23.2 Å². The summed E-state index contributed by atoms with van der Waals surface area (Å²) in [6, 6.07) is 5.63. The molecule has 0 saturated heterocycles. The fraction of sp³-hybridized carbons (Fsp3) is 0.588. The first kappa shape index (κ1) is 22.0. The van der Waals surface area contributed by atoms with Gasteiger partial charge < -0.3 is 20.1 Å². The van der Waals surface area contributed by atoms with Crippen LogP contribution < -0.4 is 24.8 Å². The molecular weight excluding hydrogens is 356 g/mol. The van der Waals surface area contributed by atoms with Gasteiger partial charge in [-0.1, -0.05) is 6.07 Å². The number of benzene rings is 1. The van der Waals surface area contributed by atoms with E-state index in [0.29, 0.717) is 37.1 Å². The molecule has 3 N–H and O–H groups in total. The first-order chi connectivity index (χ1) is 12.1. The maximum absolute atomic E-state index is 11.4. The number of hydrogen-bond donors (Lipinski definition) is 3. The lowest BCUT2D eigenvalue weighted by Gasteiger charge is -2.26. The summed E-state index contributed by atoms with van der Waals surface area (Å²) in [4.78, 5) is 4.53. The van der Waals surface area contributed by atoms with Gasteiger partial charge in [-0.05, 0) is 38.5 Å². The number of sulfonamides is 1. The average molecular weight is 387 g/mol. The van der Waals surface area contributed by atoms with Crippen LogP contribution in [0.4, 0.5) is 0 Å². The minimum Gasteiger partial charge on any atom is -0.493 e. The van der Waals surface area contributed by atoms with Crippen LogP contribution in [-0.4, -0.2) is 53.5 Å². The first-order valence-corrected chi connectivity index (χ1v) is 10.2. The predicted octanol–water partition coefficient (Wildman–Crippen LogP) is 1.09. The number of nitrogens with zero attached hydrogens (tertiary/aromatic N) is 1. The molecule has 1 aromatic carbocycles. The third kappa shape index (κ3) is 7.92. The van der Waals surface area contributed by atoms with Crippen molar-refractivity contribution in [2.45, 2.75) is 32.9 Å². The number of rotatable bonds is 9. The molecule has 0 radical (unpaired) electrons. The Labute approximate surface area is 156 Å². The van der Waals surface area contributed by atoms with Crippen LogP contribution in [-0.2, 0) is 16.6 Å². The molecule has 1 aromatic rings. The normalized spacial score (nSPS) is 12.6. The summed E-state index contributed by atoms with van der Waals surface area (Å²) in [5.74, 6) is 1.92. The summed E-state index contributed by atoms with van der Waals surface area (Å²) in [6.07, 6.45) is 1.14. The van der Waals surface area contributed by atoms with Gasteiger partial charge in [-0.3, -0.25) is 0 Å². The predicted molar refractivity (Wildman–Crippen MR) is 104 cm³/mol. The molecule has 0 aliphatic rings. The van der Waals surface area contributed by atoms with Gasteiger partial charge in [0.25, 0.3) is 0 Å². The Kier molecular flexibility index (Phi) is 8.16. The highest BCUT2D eigenvalue weighted by molar-refractivity contribution is 7.88. The van der Waals surface area contributed by atoms with Crippen LogP contribution in [0.1, 0.15) is 26.3 Å². The lowest BCUT2D eigenvalue weighted by molar-refractivity contribution is 0.354. The van der Waals surface area contributed by atoms with Gasteiger partial charge in [0, 0.05) is 18.6 Å². The Bertz CT molecular complexity index is 717. The van der Waals surface area contributed by atoms with E-state index in [0.717, 1.165) is 11.8 Å². The molecule has 0 atom stereocenters. The standard InChI is InChI=1S/C17H30N4O4S/c1-7-18-16(20-12-17(2,3)21-26(6,22)23)19-11-13-8-9-14(24-4)15(10-13)25-5/h8-10,21H,7,11-12H2,1-6H3,(H2,18,19,20). The molecule has 0 heterocycles. The fourth-order valence-corrected chi connectivity index (χ4v) is 3.41. The zero-order chi connectivity index (χ0) is 19.8. The van der Waals surface area contributed by atoms with Crippen LogP contribution >= 0.6 is 0 Å². The van der Waals surface area contributed by atoms with Crippen molar-refractivity contribution in [1.82, 2.24) is 15.4 Å². The Hall–Kier alpha value is -2.00. The molecular formula is C17H30N4O4S. The number of ether oxygens (including phenoxy) is 2. The Morgan fingerprint density at radius 2 is 1.81 bits per heavy atom. The molecule has 0 fully saturated rings. The van der Waals surface area contributed by atoms with E-state index < -0.39 is 15.6 Å². The highest BCUT2D eigenvalue weighted by Crippen LogP contribution is 2.27. The van der Waals surface area contributed by atoms with Crippen molar-refractivity contribution in [2.24, 2.45) is 4.99 Å². The van der Waals surface area contributed by atoms with Crippen LogP contribution in [0.2, 0.25) is 0 Å². The average Bonchev–Trinajstić information content (AvgIpc) is 2.55. The molecule has 0 saturated carbocycles. The van der Waals surface area contributed by atoms with E-state index in [4.69, 9.17) is 9.47 Å². The molecule has 148 valence electrons. The minimum atomic E-state index is -3.29. The van der Waals surface area contributed by atoms with E-state index in [-0.39, 0.29) is 0 Å². The summed E-state index contributed by atoms with van der Waals surface area (Å²) < 4.78 is 36.0. The van der Waals surface area contributed by atoms with Crippen LogP contribution in [0, 0.1) is 0 Å². The third-order valence-electron chi connectivity index (χ3n) is 3.37.